The molecule has 0 saturated heterocycles. The average molecular weight is 189 g/mol. The Morgan fingerprint density at radius 3 is 1.92 bits per heavy atom. The first-order chi connectivity index (χ1) is 5.95. The highest BCUT2D eigenvalue weighted by Crippen LogP contribution is 1.97. The fourth-order valence-electron chi connectivity index (χ4n) is 1.15. The molecular formula is C9H23N3O. The van der Waals surface area contributed by atoms with Gasteiger partial charge >= 0.3 is 0 Å². The SMILES string of the molecule is CN(C)CCCN(C)C(O)N(C)C. The molecule has 0 aliphatic carbocycles. The monoisotopic (exact) mass is 189 g/mol. The number of aliphatic hydroxyl groups is 1. The van der Waals surface area contributed by atoms with Crippen molar-refractivity contribution in [1.29, 1.82) is 0 Å². The summed E-state index contributed by atoms with van der Waals surface area (Å²) >= 11 is 0. The Balaban J connectivity index is 3.55. The van der Waals surface area contributed by atoms with Crippen LogP contribution in [0.5, 0.6) is 0 Å². The number of aliphatic hydroxyl groups excluding tert-OH is 1. The lowest BCUT2D eigenvalue weighted by Gasteiger charge is -2.28. The smallest absolute Gasteiger partial charge is 0.164 e. The standard InChI is InChI=1S/C9H23N3O/c1-10(2)7-6-8-12(5)9(13)11(3)4/h9,13H,6-8H2,1-5H3. The Bertz CT molecular complexity index is 128. The maximum absolute atomic E-state index is 9.60. The lowest BCUT2D eigenvalue weighted by atomic mass is 10.4. The lowest BCUT2D eigenvalue weighted by molar-refractivity contribution is -0.0780. The van der Waals surface area contributed by atoms with Crippen molar-refractivity contribution in [1.82, 2.24) is 14.7 Å². The summed E-state index contributed by atoms with van der Waals surface area (Å²) in [6.45, 7) is 1.97. The molecule has 1 unspecified atom stereocenters. The second-order valence-corrected chi connectivity index (χ2v) is 3.95. The maximum Gasteiger partial charge on any atom is 0.164 e. The van der Waals surface area contributed by atoms with E-state index >= 15 is 0 Å². The number of hydrogen-bond acceptors (Lipinski definition) is 4. The molecule has 0 aromatic heterocycles. The van der Waals surface area contributed by atoms with Crippen molar-refractivity contribution in [3.05, 3.63) is 0 Å². The van der Waals surface area contributed by atoms with Crippen LogP contribution < -0.4 is 0 Å². The summed E-state index contributed by atoms with van der Waals surface area (Å²) in [4.78, 5) is 5.87. The van der Waals surface area contributed by atoms with Gasteiger partial charge in [0.2, 0.25) is 0 Å². The Morgan fingerprint density at radius 2 is 1.54 bits per heavy atom. The molecule has 1 atom stereocenters. The summed E-state index contributed by atoms with van der Waals surface area (Å²) in [6, 6.07) is 0. The quantitative estimate of drug-likeness (QED) is 0.581. The maximum atomic E-state index is 9.60. The van der Waals surface area contributed by atoms with Crippen molar-refractivity contribution in [3.8, 4) is 0 Å². The summed E-state index contributed by atoms with van der Waals surface area (Å²) in [5.41, 5.74) is 0. The van der Waals surface area contributed by atoms with Gasteiger partial charge < -0.3 is 10.0 Å². The van der Waals surface area contributed by atoms with Gasteiger partial charge in [-0.15, -0.1) is 0 Å². The predicted octanol–water partition coefficient (Wildman–Crippen LogP) is -0.293. The van der Waals surface area contributed by atoms with Gasteiger partial charge in [0, 0.05) is 6.54 Å². The van der Waals surface area contributed by atoms with Gasteiger partial charge in [0.25, 0.3) is 0 Å². The van der Waals surface area contributed by atoms with Crippen LogP contribution in [-0.2, 0) is 0 Å². The molecular weight excluding hydrogens is 166 g/mol. The van der Waals surface area contributed by atoms with Gasteiger partial charge in [-0.05, 0) is 48.2 Å². The second-order valence-electron chi connectivity index (χ2n) is 3.95. The molecule has 4 nitrogen and oxygen atoms in total. The van der Waals surface area contributed by atoms with E-state index < -0.39 is 6.35 Å². The van der Waals surface area contributed by atoms with Crippen LogP contribution in [0.2, 0.25) is 0 Å². The summed E-state index contributed by atoms with van der Waals surface area (Å²) in [7, 11) is 9.78. The highest BCUT2D eigenvalue weighted by atomic mass is 16.3. The third kappa shape index (κ3) is 5.99. The van der Waals surface area contributed by atoms with Gasteiger partial charge in [0.15, 0.2) is 6.35 Å². The van der Waals surface area contributed by atoms with Gasteiger partial charge in [0.05, 0.1) is 0 Å². The molecule has 1 N–H and O–H groups in total. The van der Waals surface area contributed by atoms with Gasteiger partial charge in [-0.2, -0.15) is 0 Å². The van der Waals surface area contributed by atoms with Crippen LogP contribution in [0.15, 0.2) is 0 Å². The van der Waals surface area contributed by atoms with E-state index in [1.807, 2.05) is 26.0 Å². The van der Waals surface area contributed by atoms with Gasteiger partial charge in [0.1, 0.15) is 0 Å². The molecule has 0 spiro atoms. The summed E-state index contributed by atoms with van der Waals surface area (Å²) in [6.07, 6.45) is 0.608. The van der Waals surface area contributed by atoms with Crippen molar-refractivity contribution < 1.29 is 5.11 Å². The molecule has 0 fully saturated rings. The molecule has 0 radical (unpaired) electrons. The van der Waals surface area contributed by atoms with E-state index in [1.165, 1.54) is 0 Å². The number of rotatable bonds is 6. The first-order valence-electron chi connectivity index (χ1n) is 4.64. The highest BCUT2D eigenvalue weighted by Gasteiger charge is 2.11. The predicted molar refractivity (Wildman–Crippen MR) is 55.5 cm³/mol. The van der Waals surface area contributed by atoms with E-state index in [1.54, 1.807) is 4.90 Å². The van der Waals surface area contributed by atoms with Crippen LogP contribution in [0.4, 0.5) is 0 Å². The molecule has 80 valence electrons. The molecule has 0 aliphatic rings. The molecule has 0 aromatic rings. The molecule has 0 aliphatic heterocycles. The summed E-state index contributed by atoms with van der Waals surface area (Å²) in [5.74, 6) is 0. The van der Waals surface area contributed by atoms with E-state index in [2.05, 4.69) is 19.0 Å². The Labute approximate surface area is 81.7 Å². The normalized spacial score (nSPS) is 14.5. The highest BCUT2D eigenvalue weighted by molar-refractivity contribution is 4.55. The largest absolute Gasteiger partial charge is 0.365 e. The van der Waals surface area contributed by atoms with Crippen LogP contribution in [0.3, 0.4) is 0 Å². The van der Waals surface area contributed by atoms with Crippen molar-refractivity contribution in [2.24, 2.45) is 0 Å². The average Bonchev–Trinajstić information content (AvgIpc) is 2.02. The molecule has 13 heavy (non-hydrogen) atoms. The Morgan fingerprint density at radius 1 is 1.00 bits per heavy atom. The zero-order chi connectivity index (χ0) is 10.4. The molecule has 0 rings (SSSR count). The van der Waals surface area contributed by atoms with E-state index in [9.17, 15) is 5.11 Å². The number of hydrogen-bond donors (Lipinski definition) is 1. The lowest BCUT2D eigenvalue weighted by Crippen LogP contribution is -2.43. The molecule has 0 amide bonds. The van der Waals surface area contributed by atoms with Crippen molar-refractivity contribution in [2.45, 2.75) is 12.8 Å². The van der Waals surface area contributed by atoms with E-state index in [-0.39, 0.29) is 0 Å². The van der Waals surface area contributed by atoms with Gasteiger partial charge in [-0.25, -0.2) is 0 Å². The fourth-order valence-corrected chi connectivity index (χ4v) is 1.15. The fraction of sp³-hybridized carbons (Fsp3) is 1.00. The molecule has 0 heterocycles. The number of nitrogens with zero attached hydrogens (tertiary/aromatic N) is 3. The zero-order valence-corrected chi connectivity index (χ0v) is 9.49. The first-order valence-corrected chi connectivity index (χ1v) is 4.64. The molecule has 0 aromatic carbocycles. The minimum Gasteiger partial charge on any atom is -0.365 e. The zero-order valence-electron chi connectivity index (χ0n) is 9.49. The van der Waals surface area contributed by atoms with Crippen molar-refractivity contribution in [2.75, 3.05) is 48.3 Å². The first kappa shape index (κ1) is 12.8. The molecule has 4 heteroatoms. The van der Waals surface area contributed by atoms with E-state index in [4.69, 9.17) is 0 Å². The molecule has 0 bridgehead atoms. The van der Waals surface area contributed by atoms with Gasteiger partial charge in [-0.3, -0.25) is 9.80 Å². The minimum absolute atomic E-state index is 0.470. The summed E-state index contributed by atoms with van der Waals surface area (Å²) in [5, 5.41) is 9.60. The van der Waals surface area contributed by atoms with Crippen molar-refractivity contribution in [3.63, 3.8) is 0 Å². The van der Waals surface area contributed by atoms with Crippen LogP contribution in [-0.4, -0.2) is 74.5 Å². The van der Waals surface area contributed by atoms with Crippen LogP contribution in [0.1, 0.15) is 6.42 Å². The van der Waals surface area contributed by atoms with Crippen LogP contribution in [0.25, 0.3) is 0 Å². The minimum atomic E-state index is -0.470. The van der Waals surface area contributed by atoms with Gasteiger partial charge in [-0.1, -0.05) is 0 Å². The van der Waals surface area contributed by atoms with Crippen LogP contribution >= 0.6 is 0 Å². The molecule has 0 saturated carbocycles. The van der Waals surface area contributed by atoms with E-state index in [0.29, 0.717) is 0 Å². The van der Waals surface area contributed by atoms with Crippen LogP contribution in [0, 0.1) is 0 Å². The Kier molecular flexibility index (Phi) is 6.24. The van der Waals surface area contributed by atoms with Crippen molar-refractivity contribution >= 4 is 0 Å². The third-order valence-corrected chi connectivity index (χ3v) is 1.97. The van der Waals surface area contributed by atoms with E-state index in [0.717, 1.165) is 19.5 Å². The third-order valence-electron chi connectivity index (χ3n) is 1.97. The Hall–Kier alpha value is -0.160. The summed E-state index contributed by atoms with van der Waals surface area (Å²) < 4.78 is 0. The topological polar surface area (TPSA) is 30.0 Å². The second kappa shape index (κ2) is 6.32.